The quantitative estimate of drug-likeness (QED) is 0.391. The lowest BCUT2D eigenvalue weighted by Gasteiger charge is -2.50. The lowest BCUT2D eigenvalue weighted by molar-refractivity contribution is 0.0228. The van der Waals surface area contributed by atoms with E-state index in [-0.39, 0.29) is 35.0 Å². The molecule has 0 spiro atoms. The molecule has 22 heavy (non-hydrogen) atoms. The zero-order valence-electron chi connectivity index (χ0n) is 12.3. The summed E-state index contributed by atoms with van der Waals surface area (Å²) in [7, 11) is 1.85. The molecule has 4 bridgehead atoms. The van der Waals surface area contributed by atoms with Crippen molar-refractivity contribution in [2.75, 3.05) is 7.05 Å². The lowest BCUT2D eigenvalue weighted by Crippen LogP contribution is -2.43. The number of benzene rings is 1. The predicted octanol–water partition coefficient (Wildman–Crippen LogP) is 4.34. The van der Waals surface area contributed by atoms with Crippen LogP contribution < -0.4 is 0 Å². The Hall–Kier alpha value is -1.10. The molecule has 0 radical (unpaired) electrons. The molecule has 4 atom stereocenters. The van der Waals surface area contributed by atoms with E-state index in [1.807, 2.05) is 11.9 Å². The van der Waals surface area contributed by atoms with Gasteiger partial charge < -0.3 is 0 Å². The highest BCUT2D eigenvalue weighted by atomic mass is 19.2. The van der Waals surface area contributed by atoms with Gasteiger partial charge in [-0.15, -0.1) is 0 Å². The van der Waals surface area contributed by atoms with E-state index in [4.69, 9.17) is 0 Å². The average molecular weight is 311 g/mol. The molecule has 3 aliphatic carbocycles. The summed E-state index contributed by atoms with van der Waals surface area (Å²) in [6.07, 6.45) is 4.52. The first-order chi connectivity index (χ1) is 10.5. The van der Waals surface area contributed by atoms with Crippen molar-refractivity contribution in [1.82, 2.24) is 4.90 Å². The van der Waals surface area contributed by atoms with Crippen LogP contribution in [0.4, 0.5) is 17.6 Å². The zero-order valence-corrected chi connectivity index (χ0v) is 12.3. The third-order valence-corrected chi connectivity index (χ3v) is 6.89. The Balaban J connectivity index is 1.77. The molecule has 1 nitrogen and oxygen atoms in total. The highest BCUT2D eigenvalue weighted by Crippen LogP contribution is 2.69. The molecule has 3 saturated carbocycles. The Morgan fingerprint density at radius 2 is 1.05 bits per heavy atom. The minimum absolute atomic E-state index is 0.0951. The van der Waals surface area contributed by atoms with Crippen molar-refractivity contribution in [3.05, 3.63) is 34.4 Å². The predicted molar refractivity (Wildman–Crippen MR) is 71.9 cm³/mol. The molecule has 1 saturated heterocycles. The number of hydrogen-bond donors (Lipinski definition) is 0. The molecule has 4 fully saturated rings. The number of fused-ring (bicyclic) bond motifs is 7. The van der Waals surface area contributed by atoms with Gasteiger partial charge in [-0.05, 0) is 56.4 Å². The highest BCUT2D eigenvalue weighted by Gasteiger charge is 2.63. The fourth-order valence-corrected chi connectivity index (χ4v) is 6.23. The average Bonchev–Trinajstić information content (AvgIpc) is 3.02. The van der Waals surface area contributed by atoms with Gasteiger partial charge in [0, 0.05) is 23.2 Å². The van der Waals surface area contributed by atoms with Crippen molar-refractivity contribution in [3.8, 4) is 0 Å². The molecule has 1 aromatic rings. The topological polar surface area (TPSA) is 3.24 Å². The van der Waals surface area contributed by atoms with Gasteiger partial charge in [0.1, 0.15) is 0 Å². The van der Waals surface area contributed by atoms with E-state index in [9.17, 15) is 17.6 Å². The van der Waals surface area contributed by atoms with Gasteiger partial charge >= 0.3 is 0 Å². The number of nitrogens with zero attached hydrogens (tertiary/aromatic N) is 1. The maximum Gasteiger partial charge on any atom is 0.197 e. The monoisotopic (exact) mass is 311 g/mol. The molecule has 0 unspecified atom stereocenters. The molecule has 5 heteroatoms. The molecule has 6 rings (SSSR count). The molecule has 118 valence electrons. The normalized spacial score (nSPS) is 41.9. The first-order valence-electron chi connectivity index (χ1n) is 8.10. The van der Waals surface area contributed by atoms with Crippen LogP contribution in [0.25, 0.3) is 0 Å². The van der Waals surface area contributed by atoms with Gasteiger partial charge in [0.05, 0.1) is 0 Å². The first kappa shape index (κ1) is 13.3. The Morgan fingerprint density at radius 3 is 1.41 bits per heavy atom. The van der Waals surface area contributed by atoms with E-state index in [2.05, 4.69) is 0 Å². The summed E-state index contributed by atoms with van der Waals surface area (Å²) >= 11 is 0. The van der Waals surface area contributed by atoms with Crippen molar-refractivity contribution in [2.45, 2.75) is 37.8 Å². The minimum Gasteiger partial charge on any atom is -0.292 e. The van der Waals surface area contributed by atoms with E-state index in [0.717, 1.165) is 25.7 Å². The van der Waals surface area contributed by atoms with Crippen molar-refractivity contribution < 1.29 is 17.6 Å². The van der Waals surface area contributed by atoms with Gasteiger partial charge in [-0.2, -0.15) is 0 Å². The lowest BCUT2D eigenvalue weighted by atomic mass is 9.54. The summed E-state index contributed by atoms with van der Waals surface area (Å²) in [5, 5.41) is 0. The van der Waals surface area contributed by atoms with Gasteiger partial charge in [0.25, 0.3) is 0 Å². The maximum absolute atomic E-state index is 14.4. The first-order valence-corrected chi connectivity index (χ1v) is 8.10. The molecule has 0 aromatic heterocycles. The van der Waals surface area contributed by atoms with Crippen molar-refractivity contribution in [2.24, 2.45) is 23.7 Å². The van der Waals surface area contributed by atoms with Gasteiger partial charge in [-0.1, -0.05) is 0 Å². The van der Waals surface area contributed by atoms with E-state index in [0.29, 0.717) is 11.8 Å². The van der Waals surface area contributed by atoms with Crippen LogP contribution in [-0.4, -0.2) is 11.9 Å². The Bertz CT molecular complexity index is 623. The summed E-state index contributed by atoms with van der Waals surface area (Å²) in [6, 6.07) is -0.578. The van der Waals surface area contributed by atoms with Crippen LogP contribution in [0.15, 0.2) is 0 Å². The van der Waals surface area contributed by atoms with Crippen LogP contribution in [0.5, 0.6) is 0 Å². The number of hydrogen-bond acceptors (Lipinski definition) is 1. The molecule has 0 amide bonds. The van der Waals surface area contributed by atoms with Crippen LogP contribution >= 0.6 is 0 Å². The summed E-state index contributed by atoms with van der Waals surface area (Å²) < 4.78 is 56.1. The van der Waals surface area contributed by atoms with Crippen LogP contribution in [0.2, 0.25) is 0 Å². The highest BCUT2D eigenvalue weighted by molar-refractivity contribution is 5.45. The van der Waals surface area contributed by atoms with Crippen LogP contribution in [0.1, 0.15) is 48.9 Å². The molecule has 2 aliphatic heterocycles. The van der Waals surface area contributed by atoms with E-state index >= 15 is 0 Å². The van der Waals surface area contributed by atoms with E-state index in [1.54, 1.807) is 0 Å². The summed E-state index contributed by atoms with van der Waals surface area (Å²) in [5.74, 6) is -4.10. The van der Waals surface area contributed by atoms with E-state index in [1.165, 1.54) is 0 Å². The van der Waals surface area contributed by atoms with Gasteiger partial charge in [-0.3, -0.25) is 4.90 Å². The molecular weight excluding hydrogens is 294 g/mol. The van der Waals surface area contributed by atoms with Gasteiger partial charge in [0.2, 0.25) is 0 Å². The second-order valence-electron chi connectivity index (χ2n) is 7.47. The third-order valence-electron chi connectivity index (χ3n) is 6.89. The smallest absolute Gasteiger partial charge is 0.197 e. The second-order valence-corrected chi connectivity index (χ2v) is 7.47. The molecule has 2 heterocycles. The maximum atomic E-state index is 14.4. The fraction of sp³-hybridized carbons (Fsp3) is 0.647. The third kappa shape index (κ3) is 1.28. The summed E-state index contributed by atoms with van der Waals surface area (Å²) in [4.78, 5) is 1.97. The Labute approximate surface area is 126 Å². The van der Waals surface area contributed by atoms with Gasteiger partial charge in [0.15, 0.2) is 23.3 Å². The molecule has 0 N–H and O–H groups in total. The summed E-state index contributed by atoms with van der Waals surface area (Å²) in [5.41, 5.74) is 0.190. The summed E-state index contributed by atoms with van der Waals surface area (Å²) in [6.45, 7) is 0. The zero-order chi connectivity index (χ0) is 15.3. The fourth-order valence-electron chi connectivity index (χ4n) is 6.23. The molecule has 5 aliphatic rings. The van der Waals surface area contributed by atoms with E-state index < -0.39 is 23.3 Å². The van der Waals surface area contributed by atoms with Gasteiger partial charge in [-0.25, -0.2) is 17.6 Å². The van der Waals surface area contributed by atoms with Crippen LogP contribution in [0.3, 0.4) is 0 Å². The second kappa shape index (κ2) is 4.05. The van der Waals surface area contributed by atoms with Crippen molar-refractivity contribution in [3.63, 3.8) is 0 Å². The van der Waals surface area contributed by atoms with Crippen LogP contribution in [-0.2, 0) is 0 Å². The molecular formula is C17H17F4N. The van der Waals surface area contributed by atoms with Crippen LogP contribution in [0, 0.1) is 46.9 Å². The SMILES string of the molecule is CN1[C@@H]2c3c(F)c(F)c(F)c(F)c3[C@H]1[C@@H]1C3CCC(CC3)[C@@H]12. The minimum atomic E-state index is -1.66. The largest absolute Gasteiger partial charge is 0.292 e. The number of halogens is 4. The Kier molecular flexibility index (Phi) is 2.46. The van der Waals surface area contributed by atoms with Crippen molar-refractivity contribution >= 4 is 0 Å². The van der Waals surface area contributed by atoms with Crippen molar-refractivity contribution in [1.29, 1.82) is 0 Å². The standard InChI is InChI=1S/C17H17F4N/c1-22-16-8-6-2-3-7(5-4-6)9(8)17(22)11-10(16)12(18)14(20)15(21)13(11)19/h6-9,16-17H,2-5H2,1H3/t6?,7?,8-,9+,16-,17+. The number of rotatable bonds is 0. The Morgan fingerprint density at radius 1 is 0.682 bits per heavy atom. The molecule has 1 aromatic carbocycles.